The first-order chi connectivity index (χ1) is 12.5. The second-order valence-electron chi connectivity index (χ2n) is 5.86. The molecule has 6 nitrogen and oxygen atoms in total. The van der Waals surface area contributed by atoms with Crippen LogP contribution >= 0.6 is 11.8 Å². The van der Waals surface area contributed by atoms with Crippen LogP contribution in [0, 0.1) is 0 Å². The van der Waals surface area contributed by atoms with E-state index in [0.29, 0.717) is 24.3 Å². The minimum Gasteiger partial charge on any atom is -0.493 e. The highest BCUT2D eigenvalue weighted by Crippen LogP contribution is 2.33. The molecule has 1 atom stereocenters. The van der Waals surface area contributed by atoms with Crippen molar-refractivity contribution in [3.8, 4) is 5.75 Å². The van der Waals surface area contributed by atoms with Crippen LogP contribution in [0.25, 0.3) is 6.08 Å². The zero-order chi connectivity index (χ0) is 19.1. The molecule has 2 amide bonds. The fourth-order valence-electron chi connectivity index (χ4n) is 2.19. The summed E-state index contributed by atoms with van der Waals surface area (Å²) >= 11 is 0.811. The van der Waals surface area contributed by atoms with Crippen LogP contribution in [0.15, 0.2) is 29.2 Å². The van der Waals surface area contributed by atoms with Crippen LogP contribution in [0.1, 0.15) is 39.2 Å². The lowest BCUT2D eigenvalue weighted by molar-refractivity contribution is -0.150. The summed E-state index contributed by atoms with van der Waals surface area (Å²) in [5.41, 5.74) is 0.716. The summed E-state index contributed by atoms with van der Waals surface area (Å²) in [5.74, 6) is -0.432. The molecule has 140 valence electrons. The Labute approximate surface area is 157 Å². The van der Waals surface area contributed by atoms with Gasteiger partial charge in [-0.2, -0.15) is 0 Å². The van der Waals surface area contributed by atoms with E-state index >= 15 is 0 Å². The second kappa shape index (κ2) is 9.43. The first kappa shape index (κ1) is 20.0. The van der Waals surface area contributed by atoms with Gasteiger partial charge in [0.05, 0.1) is 17.6 Å². The molecule has 7 heteroatoms. The Kier molecular flexibility index (Phi) is 7.26. The van der Waals surface area contributed by atoms with Crippen molar-refractivity contribution < 1.29 is 23.9 Å². The predicted octanol–water partition coefficient (Wildman–Crippen LogP) is 3.85. The first-order valence-electron chi connectivity index (χ1n) is 8.62. The molecular formula is C19H23NO5S. The molecule has 1 aromatic rings. The van der Waals surface area contributed by atoms with E-state index in [0.717, 1.165) is 23.1 Å². The monoisotopic (exact) mass is 377 g/mol. The van der Waals surface area contributed by atoms with Crippen molar-refractivity contribution in [3.05, 3.63) is 34.7 Å². The maximum Gasteiger partial charge on any atom is 0.326 e. The summed E-state index contributed by atoms with van der Waals surface area (Å²) in [7, 11) is 0. The van der Waals surface area contributed by atoms with Gasteiger partial charge in [-0.15, -0.1) is 0 Å². The number of para-hydroxylation sites is 1. The van der Waals surface area contributed by atoms with Crippen molar-refractivity contribution in [2.24, 2.45) is 0 Å². The Morgan fingerprint density at radius 2 is 2.00 bits per heavy atom. The highest BCUT2D eigenvalue weighted by atomic mass is 32.2. The van der Waals surface area contributed by atoms with Gasteiger partial charge in [0, 0.05) is 5.56 Å². The largest absolute Gasteiger partial charge is 0.493 e. The molecule has 26 heavy (non-hydrogen) atoms. The highest BCUT2D eigenvalue weighted by molar-refractivity contribution is 8.18. The zero-order valence-corrected chi connectivity index (χ0v) is 16.0. The van der Waals surface area contributed by atoms with Gasteiger partial charge in [-0.3, -0.25) is 19.3 Å². The minimum absolute atomic E-state index is 0.249. The number of amides is 2. The maximum atomic E-state index is 12.5. The lowest BCUT2D eigenvalue weighted by atomic mass is 10.2. The molecule has 1 fully saturated rings. The van der Waals surface area contributed by atoms with Crippen molar-refractivity contribution in [2.45, 2.75) is 39.7 Å². The Morgan fingerprint density at radius 3 is 2.69 bits per heavy atom. The van der Waals surface area contributed by atoms with E-state index in [1.165, 1.54) is 0 Å². The van der Waals surface area contributed by atoms with E-state index < -0.39 is 17.1 Å². The summed E-state index contributed by atoms with van der Waals surface area (Å²) in [5, 5.41) is -0.477. The fourth-order valence-corrected chi connectivity index (χ4v) is 3.02. The fraction of sp³-hybridized carbons (Fsp3) is 0.421. The highest BCUT2D eigenvalue weighted by Gasteiger charge is 2.37. The number of rotatable bonds is 8. The van der Waals surface area contributed by atoms with Gasteiger partial charge in [0.1, 0.15) is 12.3 Å². The molecule has 0 radical (unpaired) electrons. The number of thioether (sulfide) groups is 1. The smallest absolute Gasteiger partial charge is 0.326 e. The number of hydrogen-bond acceptors (Lipinski definition) is 6. The van der Waals surface area contributed by atoms with E-state index in [9.17, 15) is 14.4 Å². The van der Waals surface area contributed by atoms with Gasteiger partial charge in [0.25, 0.3) is 11.1 Å². The molecule has 1 aliphatic heterocycles. The molecule has 0 aliphatic carbocycles. The minimum atomic E-state index is -0.588. The van der Waals surface area contributed by atoms with E-state index in [2.05, 4.69) is 0 Å². The molecule has 0 unspecified atom stereocenters. The van der Waals surface area contributed by atoms with Crippen LogP contribution < -0.4 is 4.74 Å². The number of benzene rings is 1. The summed E-state index contributed by atoms with van der Waals surface area (Å²) in [6.07, 6.45) is 2.90. The van der Waals surface area contributed by atoms with Crippen LogP contribution in [0.5, 0.6) is 5.75 Å². The molecule has 1 aliphatic rings. The van der Waals surface area contributed by atoms with Gasteiger partial charge in [0.15, 0.2) is 0 Å². The molecule has 1 heterocycles. The van der Waals surface area contributed by atoms with Gasteiger partial charge in [-0.1, -0.05) is 32.0 Å². The number of imide groups is 1. The van der Waals surface area contributed by atoms with Gasteiger partial charge in [0.2, 0.25) is 0 Å². The van der Waals surface area contributed by atoms with Crippen molar-refractivity contribution in [1.82, 2.24) is 4.90 Å². The lowest BCUT2D eigenvalue weighted by Gasteiger charge is -2.14. The number of carbonyl (C=O) groups is 3. The van der Waals surface area contributed by atoms with E-state index in [1.807, 2.05) is 38.1 Å². The number of esters is 1. The van der Waals surface area contributed by atoms with E-state index in [4.69, 9.17) is 9.47 Å². The summed E-state index contributed by atoms with van der Waals surface area (Å²) < 4.78 is 10.8. The predicted molar refractivity (Wildman–Crippen MR) is 101 cm³/mol. The third-order valence-corrected chi connectivity index (χ3v) is 4.64. The lowest BCUT2D eigenvalue weighted by Crippen LogP contribution is -2.35. The summed E-state index contributed by atoms with van der Waals surface area (Å²) in [6, 6.07) is 7.31. The van der Waals surface area contributed by atoms with Crippen molar-refractivity contribution in [1.29, 1.82) is 0 Å². The molecule has 0 aromatic heterocycles. The van der Waals surface area contributed by atoms with Gasteiger partial charge < -0.3 is 9.47 Å². The maximum absolute atomic E-state index is 12.5. The number of nitrogens with zero attached hydrogens (tertiary/aromatic N) is 1. The average molecular weight is 377 g/mol. The van der Waals surface area contributed by atoms with Crippen LogP contribution in [0.2, 0.25) is 0 Å². The van der Waals surface area contributed by atoms with Gasteiger partial charge in [-0.25, -0.2) is 0 Å². The molecular weight excluding hydrogens is 354 g/mol. The topological polar surface area (TPSA) is 72.9 Å². The third-order valence-electron chi connectivity index (χ3n) is 3.74. The van der Waals surface area contributed by atoms with Crippen molar-refractivity contribution in [3.63, 3.8) is 0 Å². The van der Waals surface area contributed by atoms with Crippen molar-refractivity contribution in [2.75, 3.05) is 13.2 Å². The Bertz CT molecular complexity index is 716. The quantitative estimate of drug-likeness (QED) is 0.506. The van der Waals surface area contributed by atoms with E-state index in [1.54, 1.807) is 13.0 Å². The molecule has 0 bridgehead atoms. The summed E-state index contributed by atoms with van der Waals surface area (Å²) in [4.78, 5) is 37.7. The Hall–Kier alpha value is -2.28. The van der Waals surface area contributed by atoms with Crippen LogP contribution in [-0.4, -0.2) is 41.3 Å². The molecule has 0 spiro atoms. The molecule has 1 aromatic carbocycles. The average Bonchev–Trinajstić information content (AvgIpc) is 2.88. The van der Waals surface area contributed by atoms with Crippen molar-refractivity contribution >= 4 is 35.0 Å². The first-order valence-corrected chi connectivity index (χ1v) is 9.44. The van der Waals surface area contributed by atoms with Crippen LogP contribution in [-0.2, 0) is 14.3 Å². The second-order valence-corrected chi connectivity index (χ2v) is 6.86. The zero-order valence-electron chi connectivity index (χ0n) is 15.2. The van der Waals surface area contributed by atoms with Crippen LogP contribution in [0.4, 0.5) is 4.79 Å². The number of ether oxygens (including phenoxy) is 2. The SMILES string of the molecule is CCCOc1ccccc1/C=C1/SC(=O)N(CC(=O)O[C@@H](C)CC)C1=O. The molecule has 0 N–H and O–H groups in total. The standard InChI is InChI=1S/C19H23NO5S/c1-4-10-24-15-9-7-6-8-14(15)11-16-18(22)20(19(23)26-16)12-17(21)25-13(3)5-2/h6-9,11,13H,4-5,10,12H2,1-3H3/b16-11+/t13-/m0/s1. The van der Waals surface area contributed by atoms with Gasteiger partial charge >= 0.3 is 5.97 Å². The third kappa shape index (κ3) is 5.11. The summed E-state index contributed by atoms with van der Waals surface area (Å²) in [6.45, 7) is 5.85. The van der Waals surface area contributed by atoms with E-state index in [-0.39, 0.29) is 17.6 Å². The Balaban J connectivity index is 2.13. The van der Waals surface area contributed by atoms with Crippen LogP contribution in [0.3, 0.4) is 0 Å². The number of hydrogen-bond donors (Lipinski definition) is 0. The molecule has 1 saturated heterocycles. The number of carbonyl (C=O) groups excluding carboxylic acids is 3. The van der Waals surface area contributed by atoms with Gasteiger partial charge in [-0.05, 0) is 43.7 Å². The Morgan fingerprint density at radius 1 is 1.27 bits per heavy atom. The molecule has 2 rings (SSSR count). The normalized spacial score (nSPS) is 16.9. The molecule has 0 saturated carbocycles.